The number of carbonyl (C=O) groups is 2. The summed E-state index contributed by atoms with van der Waals surface area (Å²) in [6, 6.07) is 29.7. The van der Waals surface area contributed by atoms with Gasteiger partial charge in [-0.3, -0.25) is 15.6 Å². The highest BCUT2D eigenvalue weighted by atomic mass is 32.2. The number of esters is 1. The SMILES string of the molecule is CCN(CCCC(=O)Oc1c(F)c(F)c(S(=O)(=O)[O-])c(F)c1F)c1cc(OC)c(-c2c3ccc(=[NH2+])cc-3oc3cc(N)ccc23)cc1C.CCN(CCCC(=O)[O-])c1cc(OC)c(-c2c3ccc(=[NH2+])cc-3oc3cc(N)ccc23)cc1C.CN(C)C(Oc1c(F)c(F)c(S(=O)(=O)[O-])c(F)c1F)=[N+](C)C. The van der Waals surface area contributed by atoms with Gasteiger partial charge in [0, 0.05) is 142 Å². The number of nitrogens with zero attached hydrogens (tertiary/aromatic N) is 4. The van der Waals surface area contributed by atoms with Gasteiger partial charge in [-0.1, -0.05) is 0 Å². The summed E-state index contributed by atoms with van der Waals surface area (Å²) < 4.78 is 211. The number of benzene rings is 8. The van der Waals surface area contributed by atoms with Gasteiger partial charge in [-0.05, 0) is 107 Å². The maximum absolute atomic E-state index is 14.3. The highest BCUT2D eigenvalue weighted by Gasteiger charge is 2.35. The van der Waals surface area contributed by atoms with Gasteiger partial charge in [0.05, 0.1) is 54.5 Å². The van der Waals surface area contributed by atoms with Crippen molar-refractivity contribution < 1.29 is 119 Å². The molecule has 104 heavy (non-hydrogen) atoms. The fourth-order valence-electron chi connectivity index (χ4n) is 11.6. The van der Waals surface area contributed by atoms with Crippen LogP contribution in [0.1, 0.15) is 50.7 Å². The standard InChI is InChI=1S/C33H29F4N3O7S.C27H29N3O4.C11H12F4N2O4S/c1-4-40(11-5-6-26(41)47-32-28(34)30(36)33(48(42,43)44)31(37)29(32)35)22-15-23(45-3)21(12-16(22)2)27-19-9-7-17(38)13-24(19)46-25-14-18(39)8-10-20(25)27;1-4-30(11-5-6-26(31)32)22-15-23(33-3)21(12-16(22)2)27-19-9-7-17(28)13-24(19)34-25-14-18(29)8-10-20(25)27;1-16(2)11(17(3)4)21-9-5(12)7(14)10(22(18,19)20)8(15)6(9)13/h7-10,12-15,38H,4-6,11,39H2,1-3H3,(H,42,43,44);7-10,12-15,28H,4-6,11,29H2,1-3H3,(H,31,32);1-4H3. The van der Waals surface area contributed by atoms with E-state index in [0.29, 0.717) is 75.8 Å². The highest BCUT2D eigenvalue weighted by Crippen LogP contribution is 2.48. The number of carboxylic acids is 1. The van der Waals surface area contributed by atoms with E-state index in [4.69, 9.17) is 45.3 Å². The molecular weight excluding hydrogens is 1420 g/mol. The van der Waals surface area contributed by atoms with E-state index < -0.39 is 106 Å². The Morgan fingerprint density at radius 1 is 0.538 bits per heavy atom. The Morgan fingerprint density at radius 2 is 0.913 bits per heavy atom. The van der Waals surface area contributed by atoms with E-state index in [1.54, 1.807) is 31.4 Å². The van der Waals surface area contributed by atoms with Crippen LogP contribution in [0.15, 0.2) is 116 Å². The van der Waals surface area contributed by atoms with Crippen LogP contribution >= 0.6 is 0 Å². The first-order valence-electron chi connectivity index (χ1n) is 31.4. The van der Waals surface area contributed by atoms with Crippen molar-refractivity contribution in [3.05, 3.63) is 165 Å². The number of hydrogen-bond acceptors (Lipinski definition) is 19. The molecule has 0 atom stereocenters. The van der Waals surface area contributed by atoms with Gasteiger partial charge in [0.25, 0.3) is 0 Å². The number of rotatable bonds is 20. The molecule has 0 fully saturated rings. The Kier molecular flexibility index (Phi) is 24.3. The molecule has 4 aliphatic rings. The van der Waals surface area contributed by atoms with Gasteiger partial charge in [0.1, 0.15) is 64.2 Å². The van der Waals surface area contributed by atoms with Crippen LogP contribution in [0.3, 0.4) is 0 Å². The first-order chi connectivity index (χ1) is 48.9. The molecule has 33 heteroatoms. The Labute approximate surface area is 590 Å². The van der Waals surface area contributed by atoms with Gasteiger partial charge >= 0.3 is 12.0 Å². The largest absolute Gasteiger partial charge is 0.744 e. The van der Waals surface area contributed by atoms with E-state index in [0.717, 1.165) is 73.2 Å². The molecule has 2 aliphatic heterocycles. The lowest BCUT2D eigenvalue weighted by molar-refractivity contribution is -0.478. The van der Waals surface area contributed by atoms with Gasteiger partial charge in [0.2, 0.25) is 34.8 Å². The molecule has 0 aromatic heterocycles. The van der Waals surface area contributed by atoms with Crippen LogP contribution in [0.5, 0.6) is 23.0 Å². The minimum atomic E-state index is -5.91. The monoisotopic (exact) mass is 1490 g/mol. The van der Waals surface area contributed by atoms with Crippen molar-refractivity contribution in [3.63, 3.8) is 0 Å². The van der Waals surface area contributed by atoms with Crippen molar-refractivity contribution in [3.8, 4) is 67.9 Å². The maximum atomic E-state index is 14.3. The molecule has 0 spiro atoms. The van der Waals surface area contributed by atoms with Crippen LogP contribution in [0.25, 0.3) is 66.8 Å². The molecule has 2 aliphatic carbocycles. The average Bonchev–Trinajstić information content (AvgIpc) is 0.759. The van der Waals surface area contributed by atoms with Gasteiger partial charge in [-0.25, -0.2) is 43.9 Å². The predicted octanol–water partition coefficient (Wildman–Crippen LogP) is 7.27. The zero-order valence-corrected chi connectivity index (χ0v) is 59.1. The van der Waals surface area contributed by atoms with Gasteiger partial charge in [-0.2, -0.15) is 17.6 Å². The van der Waals surface area contributed by atoms with Crippen LogP contribution in [-0.2, 0) is 29.8 Å². The fraction of sp³-hybridized carbons (Fsp3) is 0.254. The van der Waals surface area contributed by atoms with Gasteiger partial charge in [0.15, 0.2) is 34.0 Å². The number of fused-ring (bicyclic) bond motifs is 4. The molecule has 10 rings (SSSR count). The minimum absolute atomic E-state index is 0.0303. The summed E-state index contributed by atoms with van der Waals surface area (Å²) in [6.07, 6.45) is 0.183. The number of hydrogen-bond donors (Lipinski definition) is 4. The number of methoxy groups -OCH3 is 2. The molecule has 6 aromatic carbocycles. The summed E-state index contributed by atoms with van der Waals surface area (Å²) in [4.78, 5) is 24.0. The molecule has 2 heterocycles. The Morgan fingerprint density at radius 3 is 1.25 bits per heavy atom. The van der Waals surface area contributed by atoms with E-state index >= 15 is 0 Å². The van der Waals surface area contributed by atoms with Crippen molar-refractivity contribution in [2.75, 3.05) is 89.9 Å². The van der Waals surface area contributed by atoms with Crippen molar-refractivity contribution >= 4 is 82.9 Å². The van der Waals surface area contributed by atoms with Gasteiger partial charge < -0.3 is 68.1 Å². The second-order valence-corrected chi connectivity index (χ2v) is 26.4. The Hall–Kier alpha value is -11.0. The average molecular weight is 1490 g/mol. The number of anilines is 4. The van der Waals surface area contributed by atoms with Crippen LogP contribution in [-0.4, -0.2) is 122 Å². The third kappa shape index (κ3) is 16.9. The predicted molar refractivity (Wildman–Crippen MR) is 363 cm³/mol. The summed E-state index contributed by atoms with van der Waals surface area (Å²) in [5, 5.41) is 25.8. The minimum Gasteiger partial charge on any atom is -0.744 e. The molecule has 0 saturated heterocycles. The Bertz CT molecular complexity index is 5290. The molecule has 0 amide bonds. The van der Waals surface area contributed by atoms with Crippen molar-refractivity contribution in [1.29, 1.82) is 0 Å². The number of aryl methyl sites for hydroxylation is 2. The first kappa shape index (κ1) is 78.7. The third-order valence-electron chi connectivity index (χ3n) is 16.2. The molecule has 0 bridgehead atoms. The van der Waals surface area contributed by atoms with Crippen LogP contribution in [0, 0.1) is 60.4 Å². The lowest BCUT2D eigenvalue weighted by Gasteiger charge is -2.27. The summed E-state index contributed by atoms with van der Waals surface area (Å²) in [6.45, 7) is 9.93. The molecule has 552 valence electrons. The molecule has 0 unspecified atom stereocenters. The van der Waals surface area contributed by atoms with Crippen LogP contribution < -0.4 is 66.9 Å². The number of aliphatic carboxylic acids is 1. The third-order valence-corrected chi connectivity index (χ3v) is 17.9. The molecular formula is C71H70F8N8O15S2. The summed E-state index contributed by atoms with van der Waals surface area (Å²) in [7, 11) is -2.78. The molecule has 6 aromatic rings. The van der Waals surface area contributed by atoms with E-state index in [2.05, 4.69) is 15.7 Å². The summed E-state index contributed by atoms with van der Waals surface area (Å²) in [5.41, 5.74) is 23.3. The number of nitrogens with two attached hydrogens (primary N) is 4. The molecule has 8 N–H and O–H groups in total. The first-order valence-corrected chi connectivity index (χ1v) is 34.2. The van der Waals surface area contributed by atoms with E-state index in [-0.39, 0.29) is 25.4 Å². The number of carboxylic acid groups (broad SMARTS) is 1. The van der Waals surface area contributed by atoms with Gasteiger partial charge in [-0.15, -0.1) is 0 Å². The number of ether oxygens (including phenoxy) is 4. The molecule has 0 saturated carbocycles. The van der Waals surface area contributed by atoms with Crippen molar-refractivity contribution in [2.45, 2.75) is 63.2 Å². The summed E-state index contributed by atoms with van der Waals surface area (Å²) >= 11 is 0. The normalized spacial score (nSPS) is 11.4. The zero-order chi connectivity index (χ0) is 76.9. The van der Waals surface area contributed by atoms with E-state index in [1.165, 1.54) is 44.8 Å². The zero-order valence-electron chi connectivity index (χ0n) is 57.5. The quantitative estimate of drug-likeness (QED) is 0.00556. The van der Waals surface area contributed by atoms with Crippen molar-refractivity contribution in [1.82, 2.24) is 4.90 Å². The smallest absolute Gasteiger partial charge is 0.451 e. The fourth-order valence-corrected chi connectivity index (χ4v) is 12.8. The number of nitrogen functional groups attached to an aromatic ring is 2. The van der Waals surface area contributed by atoms with Crippen LogP contribution in [0.4, 0.5) is 57.9 Å². The number of carbonyl (C=O) groups excluding carboxylic acids is 2. The van der Waals surface area contributed by atoms with Crippen LogP contribution in [0.2, 0.25) is 0 Å². The van der Waals surface area contributed by atoms with E-state index in [9.17, 15) is 75.8 Å². The molecule has 23 nitrogen and oxygen atoms in total. The molecule has 0 radical (unpaired) electrons. The number of amidine groups is 1. The summed E-state index contributed by atoms with van der Waals surface area (Å²) in [5.74, 6) is -21.7. The van der Waals surface area contributed by atoms with E-state index in [1.807, 2.05) is 99.3 Å². The maximum Gasteiger partial charge on any atom is 0.451 e. The lowest BCUT2D eigenvalue weighted by atomic mass is 9.91. The topological polar surface area (TPSA) is 351 Å². The second-order valence-electron chi connectivity index (χ2n) is 23.8. The highest BCUT2D eigenvalue weighted by molar-refractivity contribution is 7.86. The second kappa shape index (κ2) is 32.1. The number of halogens is 8. The Balaban J connectivity index is 0.000000213. The lowest BCUT2D eigenvalue weighted by Crippen LogP contribution is -2.44. The van der Waals surface area contributed by atoms with Crippen molar-refractivity contribution in [2.24, 2.45) is 0 Å².